The lowest BCUT2D eigenvalue weighted by Crippen LogP contribution is -2.11. The molecule has 1 heterocycles. The second kappa shape index (κ2) is 6.26. The number of carbonyl (C=O) groups excluding carboxylic acids is 1. The van der Waals surface area contributed by atoms with Crippen molar-refractivity contribution in [2.45, 2.75) is 18.7 Å². The molecule has 0 atom stereocenters. The van der Waals surface area contributed by atoms with Crippen molar-refractivity contribution in [2.24, 2.45) is 0 Å². The van der Waals surface area contributed by atoms with Crippen LogP contribution in [0.1, 0.15) is 28.9 Å². The Labute approximate surface area is 107 Å². The van der Waals surface area contributed by atoms with Crippen LogP contribution in [-0.2, 0) is 21.8 Å². The number of alkyl halides is 3. The summed E-state index contributed by atoms with van der Waals surface area (Å²) in [7, 11) is 1.15. The summed E-state index contributed by atoms with van der Waals surface area (Å²) in [5.74, 6) is -0.934. The lowest BCUT2D eigenvalue weighted by molar-refractivity contribution is -0.139. The Morgan fingerprint density at radius 2 is 2.33 bits per heavy atom. The second-order valence-electron chi connectivity index (χ2n) is 3.33. The van der Waals surface area contributed by atoms with E-state index < -0.39 is 18.0 Å². The van der Waals surface area contributed by atoms with E-state index in [1.54, 1.807) is 6.07 Å². The molecule has 1 aromatic heterocycles. The normalized spacial score (nSPS) is 10.2. The molecule has 7 heteroatoms. The number of ether oxygens (including phenoxy) is 1. The summed E-state index contributed by atoms with van der Waals surface area (Å²) in [6, 6.07) is 2.88. The van der Waals surface area contributed by atoms with E-state index in [2.05, 4.69) is 9.72 Å². The fraction of sp³-hybridized carbons (Fsp3) is 0.364. The van der Waals surface area contributed by atoms with Gasteiger partial charge in [0, 0.05) is 5.56 Å². The van der Waals surface area contributed by atoms with E-state index in [-0.39, 0.29) is 29.3 Å². The van der Waals surface area contributed by atoms with Gasteiger partial charge in [-0.15, -0.1) is 11.6 Å². The van der Waals surface area contributed by atoms with Crippen LogP contribution < -0.4 is 0 Å². The van der Waals surface area contributed by atoms with Gasteiger partial charge in [0.25, 0.3) is 6.43 Å². The SMILES string of the molecule is COC(=O)Cc1cc(C#N)nc(CCl)c1C(F)F. The number of nitriles is 1. The number of methoxy groups -OCH3 is 1. The van der Waals surface area contributed by atoms with Gasteiger partial charge in [-0.05, 0) is 11.6 Å². The van der Waals surface area contributed by atoms with Gasteiger partial charge in [-0.3, -0.25) is 4.79 Å². The molecular formula is C11H9ClF2N2O2. The molecule has 0 unspecified atom stereocenters. The first-order valence-corrected chi connectivity index (χ1v) is 5.40. The Balaban J connectivity index is 3.35. The number of nitrogens with zero attached hydrogens (tertiary/aromatic N) is 2. The van der Waals surface area contributed by atoms with Crippen molar-refractivity contribution in [1.82, 2.24) is 4.98 Å². The first kappa shape index (κ1) is 14.3. The maximum atomic E-state index is 12.9. The van der Waals surface area contributed by atoms with Crippen molar-refractivity contribution in [3.8, 4) is 6.07 Å². The first-order chi connectivity index (χ1) is 8.53. The largest absolute Gasteiger partial charge is 0.469 e. The highest BCUT2D eigenvalue weighted by Crippen LogP contribution is 2.28. The zero-order chi connectivity index (χ0) is 13.7. The molecule has 18 heavy (non-hydrogen) atoms. The van der Waals surface area contributed by atoms with Gasteiger partial charge in [0.15, 0.2) is 0 Å². The average molecular weight is 275 g/mol. The van der Waals surface area contributed by atoms with Crippen LogP contribution in [0.4, 0.5) is 8.78 Å². The number of halogens is 3. The van der Waals surface area contributed by atoms with Crippen molar-refractivity contribution in [1.29, 1.82) is 5.26 Å². The molecule has 0 spiro atoms. The molecule has 0 saturated carbocycles. The highest BCUT2D eigenvalue weighted by molar-refractivity contribution is 6.17. The number of aromatic nitrogens is 1. The summed E-state index contributed by atoms with van der Waals surface area (Å²) >= 11 is 5.53. The lowest BCUT2D eigenvalue weighted by Gasteiger charge is -2.12. The third-order valence-electron chi connectivity index (χ3n) is 2.25. The summed E-state index contributed by atoms with van der Waals surface area (Å²) in [5.41, 5.74) is -0.549. The van der Waals surface area contributed by atoms with Crippen molar-refractivity contribution in [3.63, 3.8) is 0 Å². The molecular weight excluding hydrogens is 266 g/mol. The molecule has 0 amide bonds. The fourth-order valence-electron chi connectivity index (χ4n) is 1.47. The topological polar surface area (TPSA) is 63.0 Å². The third-order valence-corrected chi connectivity index (χ3v) is 2.50. The van der Waals surface area contributed by atoms with Crippen LogP contribution in [0.15, 0.2) is 6.07 Å². The molecule has 1 rings (SSSR count). The summed E-state index contributed by atoms with van der Waals surface area (Å²) < 4.78 is 30.3. The molecule has 0 aliphatic carbocycles. The molecule has 0 fully saturated rings. The summed E-state index contributed by atoms with van der Waals surface area (Å²) in [6.45, 7) is 0. The monoisotopic (exact) mass is 274 g/mol. The van der Waals surface area contributed by atoms with E-state index in [4.69, 9.17) is 16.9 Å². The van der Waals surface area contributed by atoms with Crippen LogP contribution in [0.25, 0.3) is 0 Å². The second-order valence-corrected chi connectivity index (χ2v) is 3.59. The minimum absolute atomic E-state index is 0.0130. The smallest absolute Gasteiger partial charge is 0.309 e. The van der Waals surface area contributed by atoms with Gasteiger partial charge >= 0.3 is 5.97 Å². The minimum atomic E-state index is -2.82. The third kappa shape index (κ3) is 3.14. The summed E-state index contributed by atoms with van der Waals surface area (Å²) in [4.78, 5) is 14.9. The van der Waals surface area contributed by atoms with E-state index >= 15 is 0 Å². The van der Waals surface area contributed by atoms with E-state index in [1.165, 1.54) is 0 Å². The van der Waals surface area contributed by atoms with Crippen LogP contribution in [0, 0.1) is 11.3 Å². The maximum absolute atomic E-state index is 12.9. The number of rotatable bonds is 4. The van der Waals surface area contributed by atoms with Gasteiger partial charge in [-0.1, -0.05) is 0 Å². The molecule has 0 aliphatic heterocycles. The van der Waals surface area contributed by atoms with Crippen LogP contribution in [0.2, 0.25) is 0 Å². The molecule has 96 valence electrons. The molecule has 0 radical (unpaired) electrons. The van der Waals surface area contributed by atoms with Gasteiger partial charge < -0.3 is 4.74 Å². The Morgan fingerprint density at radius 1 is 1.67 bits per heavy atom. The number of carbonyl (C=O) groups is 1. The summed E-state index contributed by atoms with van der Waals surface area (Å²) in [5, 5.41) is 8.74. The van der Waals surface area contributed by atoms with Crippen molar-refractivity contribution >= 4 is 17.6 Å². The van der Waals surface area contributed by atoms with Crippen LogP contribution in [0.3, 0.4) is 0 Å². The molecule has 0 aromatic carbocycles. The Hall–Kier alpha value is -1.74. The zero-order valence-electron chi connectivity index (χ0n) is 9.41. The van der Waals surface area contributed by atoms with Gasteiger partial charge in [0.05, 0.1) is 25.1 Å². The van der Waals surface area contributed by atoms with Gasteiger partial charge in [0.2, 0.25) is 0 Å². The predicted molar refractivity (Wildman–Crippen MR) is 59.2 cm³/mol. The van der Waals surface area contributed by atoms with Gasteiger partial charge in [-0.25, -0.2) is 13.8 Å². The Bertz CT molecular complexity index is 501. The standard InChI is InChI=1S/C11H9ClF2N2O2/c1-18-9(17)3-6-2-7(5-15)16-8(4-12)10(6)11(13)14/h2,11H,3-4H2,1H3. The number of esters is 1. The molecule has 0 bridgehead atoms. The van der Waals surface area contributed by atoms with Crippen molar-refractivity contribution in [2.75, 3.05) is 7.11 Å². The Morgan fingerprint density at radius 3 is 2.78 bits per heavy atom. The number of hydrogen-bond acceptors (Lipinski definition) is 4. The van der Waals surface area contributed by atoms with Gasteiger partial charge in [-0.2, -0.15) is 5.26 Å². The average Bonchev–Trinajstić information content (AvgIpc) is 2.36. The quantitative estimate of drug-likeness (QED) is 0.624. The lowest BCUT2D eigenvalue weighted by atomic mass is 10.0. The Kier molecular flexibility index (Phi) is 4.98. The van der Waals surface area contributed by atoms with Crippen LogP contribution in [-0.4, -0.2) is 18.1 Å². The minimum Gasteiger partial charge on any atom is -0.469 e. The van der Waals surface area contributed by atoms with Crippen molar-refractivity contribution < 1.29 is 18.3 Å². The molecule has 0 aliphatic rings. The van der Waals surface area contributed by atoms with E-state index in [1.807, 2.05) is 0 Å². The molecule has 0 saturated heterocycles. The molecule has 1 aromatic rings. The molecule has 0 N–H and O–H groups in total. The highest BCUT2D eigenvalue weighted by Gasteiger charge is 2.22. The van der Waals surface area contributed by atoms with Crippen LogP contribution >= 0.6 is 11.6 Å². The van der Waals surface area contributed by atoms with Crippen LogP contribution in [0.5, 0.6) is 0 Å². The first-order valence-electron chi connectivity index (χ1n) is 4.87. The maximum Gasteiger partial charge on any atom is 0.309 e. The molecule has 4 nitrogen and oxygen atoms in total. The van der Waals surface area contributed by atoms with Gasteiger partial charge in [0.1, 0.15) is 11.8 Å². The fourth-order valence-corrected chi connectivity index (χ4v) is 1.67. The number of hydrogen-bond donors (Lipinski definition) is 0. The van der Waals surface area contributed by atoms with E-state index in [0.717, 1.165) is 13.2 Å². The van der Waals surface area contributed by atoms with E-state index in [9.17, 15) is 13.6 Å². The highest BCUT2D eigenvalue weighted by atomic mass is 35.5. The predicted octanol–water partition coefficient (Wildman–Crippen LogP) is 2.35. The van der Waals surface area contributed by atoms with Crippen molar-refractivity contribution in [3.05, 3.63) is 28.6 Å². The number of pyridine rings is 1. The zero-order valence-corrected chi connectivity index (χ0v) is 10.2. The van der Waals surface area contributed by atoms with E-state index in [0.29, 0.717) is 0 Å². The summed E-state index contributed by atoms with van der Waals surface area (Å²) in [6.07, 6.45) is -3.17.